The molecule has 2 saturated heterocycles. The van der Waals surface area contributed by atoms with Crippen molar-refractivity contribution in [2.75, 3.05) is 52.4 Å². The zero-order chi connectivity index (χ0) is 19.2. The number of rotatable bonds is 4. The summed E-state index contributed by atoms with van der Waals surface area (Å²) in [6.45, 7) is 14.5. The van der Waals surface area contributed by atoms with E-state index < -0.39 is 5.60 Å². The molecule has 2 fully saturated rings. The van der Waals surface area contributed by atoms with Crippen LogP contribution in [0.5, 0.6) is 0 Å². The van der Waals surface area contributed by atoms with Crippen molar-refractivity contribution in [1.29, 1.82) is 0 Å². The molecular weight excluding hydrogens is 332 g/mol. The minimum Gasteiger partial charge on any atom is -0.444 e. The van der Waals surface area contributed by atoms with Crippen LogP contribution in [0.4, 0.5) is 9.59 Å². The monoisotopic (exact) mass is 368 g/mol. The van der Waals surface area contributed by atoms with E-state index in [0.717, 1.165) is 58.7 Å². The van der Waals surface area contributed by atoms with Gasteiger partial charge in [-0.05, 0) is 59.4 Å². The second-order valence-corrected chi connectivity index (χ2v) is 8.36. The van der Waals surface area contributed by atoms with Gasteiger partial charge in [-0.2, -0.15) is 0 Å². The van der Waals surface area contributed by atoms with Crippen LogP contribution in [0.3, 0.4) is 0 Å². The van der Waals surface area contributed by atoms with Crippen molar-refractivity contribution in [2.24, 2.45) is 5.92 Å². The average molecular weight is 369 g/mol. The summed E-state index contributed by atoms with van der Waals surface area (Å²) in [5.41, 5.74) is -0.426. The molecular formula is C19H36N4O3. The third kappa shape index (κ3) is 6.67. The molecule has 0 saturated carbocycles. The number of likely N-dealkylation sites (tertiary alicyclic amines) is 1. The maximum Gasteiger partial charge on any atom is 0.410 e. The first-order valence-electron chi connectivity index (χ1n) is 10.0. The van der Waals surface area contributed by atoms with Crippen LogP contribution >= 0.6 is 0 Å². The van der Waals surface area contributed by atoms with Gasteiger partial charge in [-0.3, -0.25) is 4.90 Å². The number of amides is 3. The lowest BCUT2D eigenvalue weighted by Crippen LogP contribution is -2.52. The van der Waals surface area contributed by atoms with Crippen LogP contribution in [0.2, 0.25) is 0 Å². The second kappa shape index (κ2) is 9.44. The Hall–Kier alpha value is -1.50. The molecule has 0 atom stereocenters. The van der Waals surface area contributed by atoms with Gasteiger partial charge in [0, 0.05) is 45.8 Å². The fraction of sp³-hybridized carbons (Fsp3) is 0.895. The van der Waals surface area contributed by atoms with Gasteiger partial charge in [-0.1, -0.05) is 0 Å². The fourth-order valence-corrected chi connectivity index (χ4v) is 3.53. The van der Waals surface area contributed by atoms with Crippen LogP contribution in [0.1, 0.15) is 47.0 Å². The number of nitrogens with one attached hydrogen (secondary N) is 1. The summed E-state index contributed by atoms with van der Waals surface area (Å²) in [6, 6.07) is 0.0571. The molecule has 0 aromatic heterocycles. The highest BCUT2D eigenvalue weighted by Gasteiger charge is 2.27. The van der Waals surface area contributed by atoms with Crippen LogP contribution in [0.15, 0.2) is 0 Å². The molecule has 26 heavy (non-hydrogen) atoms. The van der Waals surface area contributed by atoms with Crippen molar-refractivity contribution in [3.63, 3.8) is 0 Å². The zero-order valence-electron chi connectivity index (χ0n) is 16.9. The highest BCUT2D eigenvalue weighted by atomic mass is 16.6. The Morgan fingerprint density at radius 1 is 1.00 bits per heavy atom. The summed E-state index contributed by atoms with van der Waals surface area (Å²) >= 11 is 0. The van der Waals surface area contributed by atoms with Gasteiger partial charge in [-0.15, -0.1) is 0 Å². The molecule has 0 aromatic rings. The van der Waals surface area contributed by atoms with E-state index >= 15 is 0 Å². The van der Waals surface area contributed by atoms with Crippen molar-refractivity contribution in [3.8, 4) is 0 Å². The van der Waals surface area contributed by atoms with Crippen LogP contribution in [0.25, 0.3) is 0 Å². The third-order valence-corrected chi connectivity index (χ3v) is 5.11. The first kappa shape index (κ1) is 20.8. The van der Waals surface area contributed by atoms with E-state index in [-0.39, 0.29) is 12.1 Å². The van der Waals surface area contributed by atoms with Crippen molar-refractivity contribution in [2.45, 2.75) is 52.6 Å². The Morgan fingerprint density at radius 3 is 2.15 bits per heavy atom. The summed E-state index contributed by atoms with van der Waals surface area (Å²) in [5, 5.41) is 2.87. The van der Waals surface area contributed by atoms with Crippen LogP contribution in [-0.4, -0.2) is 84.8 Å². The van der Waals surface area contributed by atoms with E-state index in [9.17, 15) is 9.59 Å². The second-order valence-electron chi connectivity index (χ2n) is 8.36. The molecule has 7 nitrogen and oxygen atoms in total. The molecule has 7 heteroatoms. The van der Waals surface area contributed by atoms with Gasteiger partial charge >= 0.3 is 12.1 Å². The molecule has 150 valence electrons. The summed E-state index contributed by atoms with van der Waals surface area (Å²) in [5.74, 6) is 0.676. The van der Waals surface area contributed by atoms with Gasteiger partial charge in [0.1, 0.15) is 5.60 Å². The largest absolute Gasteiger partial charge is 0.444 e. The first-order valence-corrected chi connectivity index (χ1v) is 10.0. The lowest BCUT2D eigenvalue weighted by Gasteiger charge is -2.37. The van der Waals surface area contributed by atoms with E-state index in [1.165, 1.54) is 6.42 Å². The molecule has 2 heterocycles. The Morgan fingerprint density at radius 2 is 1.62 bits per heavy atom. The Kier molecular flexibility index (Phi) is 7.55. The molecule has 2 aliphatic heterocycles. The summed E-state index contributed by atoms with van der Waals surface area (Å²) in [6.07, 6.45) is 3.09. The summed E-state index contributed by atoms with van der Waals surface area (Å²) in [7, 11) is 0. The maximum atomic E-state index is 12.1. The number of hydrogen-bond acceptors (Lipinski definition) is 4. The molecule has 1 N–H and O–H groups in total. The number of piperazine rings is 1. The Bertz CT molecular complexity index is 462. The van der Waals surface area contributed by atoms with Crippen molar-refractivity contribution in [1.82, 2.24) is 20.0 Å². The third-order valence-electron chi connectivity index (χ3n) is 5.11. The predicted molar refractivity (Wildman–Crippen MR) is 102 cm³/mol. The van der Waals surface area contributed by atoms with E-state index in [2.05, 4.69) is 10.2 Å². The van der Waals surface area contributed by atoms with Gasteiger partial charge < -0.3 is 19.9 Å². The molecule has 0 unspecified atom stereocenters. The van der Waals surface area contributed by atoms with Crippen molar-refractivity contribution >= 4 is 12.1 Å². The lowest BCUT2D eigenvalue weighted by atomic mass is 9.93. The first-order chi connectivity index (χ1) is 12.3. The minimum absolute atomic E-state index is 0.0571. The SMILES string of the molecule is CCNC(=O)N1CCN(CCC2CCN(C(=O)OC(C)(C)C)CC2)CC1. The van der Waals surface area contributed by atoms with Crippen LogP contribution < -0.4 is 5.32 Å². The van der Waals surface area contributed by atoms with E-state index in [1.54, 1.807) is 0 Å². The van der Waals surface area contributed by atoms with Gasteiger partial charge in [-0.25, -0.2) is 9.59 Å². The predicted octanol–water partition coefficient (Wildman–Crippen LogP) is 2.37. The van der Waals surface area contributed by atoms with Crippen molar-refractivity contribution in [3.05, 3.63) is 0 Å². The van der Waals surface area contributed by atoms with Gasteiger partial charge in [0.15, 0.2) is 0 Å². The number of hydrogen-bond donors (Lipinski definition) is 1. The number of carbonyl (C=O) groups is 2. The van der Waals surface area contributed by atoms with Crippen LogP contribution in [-0.2, 0) is 4.74 Å². The van der Waals surface area contributed by atoms with Gasteiger partial charge in [0.25, 0.3) is 0 Å². The highest BCUT2D eigenvalue weighted by Crippen LogP contribution is 2.22. The normalized spacial score (nSPS) is 20.2. The van der Waals surface area contributed by atoms with E-state index in [4.69, 9.17) is 4.74 Å². The highest BCUT2D eigenvalue weighted by molar-refractivity contribution is 5.74. The fourth-order valence-electron chi connectivity index (χ4n) is 3.53. The lowest BCUT2D eigenvalue weighted by molar-refractivity contribution is 0.0176. The smallest absolute Gasteiger partial charge is 0.410 e. The Labute approximate surface area is 158 Å². The van der Waals surface area contributed by atoms with Gasteiger partial charge in [0.2, 0.25) is 0 Å². The molecule has 2 rings (SSSR count). The van der Waals surface area contributed by atoms with Crippen molar-refractivity contribution < 1.29 is 14.3 Å². The molecule has 2 aliphatic rings. The van der Waals surface area contributed by atoms with E-state index in [0.29, 0.717) is 12.5 Å². The molecule has 3 amide bonds. The molecule has 0 aliphatic carbocycles. The summed E-state index contributed by atoms with van der Waals surface area (Å²) < 4.78 is 5.46. The Balaban J connectivity index is 1.62. The molecule has 0 radical (unpaired) electrons. The van der Waals surface area contributed by atoms with E-state index in [1.807, 2.05) is 37.5 Å². The average Bonchev–Trinajstić information content (AvgIpc) is 2.59. The standard InChI is InChI=1S/C19H36N4O3/c1-5-20-17(24)22-14-12-21(13-15-22)9-6-16-7-10-23(11-8-16)18(25)26-19(2,3)4/h16H,5-15H2,1-4H3,(H,20,24). The molecule has 0 bridgehead atoms. The number of piperidine rings is 1. The minimum atomic E-state index is -0.426. The topological polar surface area (TPSA) is 65.1 Å². The number of ether oxygens (including phenoxy) is 1. The number of nitrogens with zero attached hydrogens (tertiary/aromatic N) is 3. The molecule has 0 spiro atoms. The van der Waals surface area contributed by atoms with Gasteiger partial charge in [0.05, 0.1) is 0 Å². The summed E-state index contributed by atoms with van der Waals surface area (Å²) in [4.78, 5) is 30.1. The maximum absolute atomic E-state index is 12.1. The molecule has 0 aromatic carbocycles. The quantitative estimate of drug-likeness (QED) is 0.827. The van der Waals surface area contributed by atoms with Crippen LogP contribution in [0, 0.1) is 5.92 Å². The zero-order valence-corrected chi connectivity index (χ0v) is 16.9. The number of urea groups is 1. The number of carbonyl (C=O) groups excluding carboxylic acids is 2.